The maximum Gasteiger partial charge on any atom is 0.255 e. The van der Waals surface area contributed by atoms with E-state index in [1.807, 2.05) is 30.3 Å². The topological polar surface area (TPSA) is 97.6 Å². The van der Waals surface area contributed by atoms with E-state index in [1.165, 1.54) is 18.6 Å². The second-order valence-corrected chi connectivity index (χ2v) is 8.54. The molecule has 2 N–H and O–H groups in total. The van der Waals surface area contributed by atoms with E-state index in [0.29, 0.717) is 12.0 Å². The molecule has 7 nitrogen and oxygen atoms in total. The Balaban J connectivity index is 1.74. The number of hydrogen-bond acceptors (Lipinski definition) is 5. The monoisotopic (exact) mass is 412 g/mol. The Kier molecular flexibility index (Phi) is 6.72. The van der Waals surface area contributed by atoms with E-state index in [1.54, 1.807) is 6.92 Å². The molecule has 1 aromatic heterocycles. The van der Waals surface area contributed by atoms with E-state index >= 15 is 0 Å². The molecule has 1 aromatic carbocycles. The lowest BCUT2D eigenvalue weighted by molar-refractivity contribution is -0.128. The van der Waals surface area contributed by atoms with Crippen LogP contribution in [-0.2, 0) is 20.7 Å². The molecule has 3 rings (SSSR count). The van der Waals surface area contributed by atoms with Gasteiger partial charge in [0.25, 0.3) is 5.91 Å². The second kappa shape index (κ2) is 9.26. The summed E-state index contributed by atoms with van der Waals surface area (Å²) in [6.07, 6.45) is 3.47. The van der Waals surface area contributed by atoms with Crippen molar-refractivity contribution >= 4 is 17.6 Å². The molecule has 1 saturated heterocycles. The molecule has 30 heavy (non-hydrogen) atoms. The number of amides is 2. The first-order valence-electron chi connectivity index (χ1n) is 10.1. The minimum atomic E-state index is -0.813. The van der Waals surface area contributed by atoms with Crippen molar-refractivity contribution in [2.75, 3.05) is 6.61 Å². The molecule has 2 amide bonds. The summed E-state index contributed by atoms with van der Waals surface area (Å²) < 4.78 is 10.3. The van der Waals surface area contributed by atoms with Crippen LogP contribution < -0.4 is 10.6 Å². The van der Waals surface area contributed by atoms with Crippen molar-refractivity contribution in [1.82, 2.24) is 10.6 Å². The molecule has 7 heteroatoms. The first-order chi connectivity index (χ1) is 14.2. The molecule has 3 atom stereocenters. The highest BCUT2D eigenvalue weighted by molar-refractivity contribution is 5.98. The molecule has 0 saturated carbocycles. The number of benzene rings is 1. The smallest absolute Gasteiger partial charge is 0.255 e. The van der Waals surface area contributed by atoms with Crippen LogP contribution >= 0.6 is 0 Å². The Labute approximate surface area is 176 Å². The first kappa shape index (κ1) is 21.8. The summed E-state index contributed by atoms with van der Waals surface area (Å²) in [6, 6.07) is 10.0. The summed E-state index contributed by atoms with van der Waals surface area (Å²) in [5.41, 5.74) is 1.20. The summed E-state index contributed by atoms with van der Waals surface area (Å²) in [6.45, 7) is 5.83. The van der Waals surface area contributed by atoms with Gasteiger partial charge in [0, 0.05) is 0 Å². The number of rotatable bonds is 8. The number of furan rings is 1. The number of ether oxygens (including phenoxy) is 1. The Morgan fingerprint density at radius 2 is 1.93 bits per heavy atom. The van der Waals surface area contributed by atoms with Crippen molar-refractivity contribution in [3.63, 3.8) is 0 Å². The van der Waals surface area contributed by atoms with Gasteiger partial charge in [0.1, 0.15) is 25.0 Å². The molecule has 0 spiro atoms. The van der Waals surface area contributed by atoms with Gasteiger partial charge in [-0.25, -0.2) is 0 Å². The van der Waals surface area contributed by atoms with Crippen molar-refractivity contribution in [3.8, 4) is 0 Å². The van der Waals surface area contributed by atoms with Gasteiger partial charge in [-0.2, -0.15) is 0 Å². The summed E-state index contributed by atoms with van der Waals surface area (Å²) in [4.78, 5) is 37.7. The highest BCUT2D eigenvalue weighted by atomic mass is 16.5. The Hall–Kier alpha value is -2.93. The van der Waals surface area contributed by atoms with Gasteiger partial charge < -0.3 is 19.8 Å². The molecule has 0 unspecified atom stereocenters. The predicted octanol–water partition coefficient (Wildman–Crippen LogP) is 2.51. The van der Waals surface area contributed by atoms with Crippen LogP contribution in [0.2, 0.25) is 0 Å². The van der Waals surface area contributed by atoms with Gasteiger partial charge in [0.15, 0.2) is 5.78 Å². The summed E-state index contributed by atoms with van der Waals surface area (Å²) in [5.74, 6) is -0.968. The fraction of sp³-hybridized carbons (Fsp3) is 0.435. The number of carbonyl (C=O) groups is 3. The minimum absolute atomic E-state index is 0.0162. The van der Waals surface area contributed by atoms with Crippen molar-refractivity contribution in [2.24, 2.45) is 5.41 Å². The third-order valence-corrected chi connectivity index (χ3v) is 5.29. The summed E-state index contributed by atoms with van der Waals surface area (Å²) in [5, 5.41) is 5.57. The van der Waals surface area contributed by atoms with Crippen LogP contribution in [0.15, 0.2) is 53.3 Å². The molecule has 0 bridgehead atoms. The van der Waals surface area contributed by atoms with Gasteiger partial charge in [-0.1, -0.05) is 44.2 Å². The zero-order valence-electron chi connectivity index (χ0n) is 17.5. The van der Waals surface area contributed by atoms with Gasteiger partial charge in [-0.05, 0) is 36.8 Å². The van der Waals surface area contributed by atoms with Crippen molar-refractivity contribution in [2.45, 2.75) is 51.8 Å². The quantitative estimate of drug-likeness (QED) is 0.694. The summed E-state index contributed by atoms with van der Waals surface area (Å²) in [7, 11) is 0. The first-order valence-corrected chi connectivity index (χ1v) is 10.1. The van der Waals surface area contributed by atoms with Crippen LogP contribution in [0.4, 0.5) is 0 Å². The molecule has 2 heterocycles. The zero-order valence-corrected chi connectivity index (χ0v) is 17.5. The normalized spacial score (nSPS) is 20.0. The molecule has 160 valence electrons. The van der Waals surface area contributed by atoms with Crippen LogP contribution in [0.1, 0.15) is 43.1 Å². The maximum atomic E-state index is 13.1. The van der Waals surface area contributed by atoms with Crippen molar-refractivity contribution < 1.29 is 23.5 Å². The lowest BCUT2D eigenvalue weighted by Gasteiger charge is -2.30. The van der Waals surface area contributed by atoms with Gasteiger partial charge in [0.2, 0.25) is 5.91 Å². The average molecular weight is 412 g/mol. The van der Waals surface area contributed by atoms with Gasteiger partial charge in [-0.3, -0.25) is 14.4 Å². The lowest BCUT2D eigenvalue weighted by Crippen LogP contribution is -2.54. The number of ketones is 1. The Morgan fingerprint density at radius 3 is 2.53 bits per heavy atom. The zero-order chi connectivity index (χ0) is 21.7. The van der Waals surface area contributed by atoms with Crippen molar-refractivity contribution in [1.29, 1.82) is 0 Å². The molecular weight excluding hydrogens is 384 g/mol. The third-order valence-electron chi connectivity index (χ3n) is 5.29. The van der Waals surface area contributed by atoms with E-state index in [9.17, 15) is 14.4 Å². The van der Waals surface area contributed by atoms with Gasteiger partial charge in [-0.15, -0.1) is 0 Å². The molecule has 0 aliphatic carbocycles. The van der Waals surface area contributed by atoms with E-state index in [4.69, 9.17) is 9.15 Å². The Bertz CT molecular complexity index is 876. The Morgan fingerprint density at radius 1 is 1.20 bits per heavy atom. The van der Waals surface area contributed by atoms with Crippen molar-refractivity contribution in [3.05, 3.63) is 60.1 Å². The van der Waals surface area contributed by atoms with Gasteiger partial charge in [0.05, 0.1) is 17.9 Å². The second-order valence-electron chi connectivity index (χ2n) is 8.54. The lowest BCUT2D eigenvalue weighted by atomic mass is 9.79. The van der Waals surface area contributed by atoms with E-state index < -0.39 is 30.0 Å². The van der Waals surface area contributed by atoms with E-state index in [2.05, 4.69) is 24.5 Å². The fourth-order valence-corrected chi connectivity index (χ4v) is 3.73. The summed E-state index contributed by atoms with van der Waals surface area (Å²) >= 11 is 0. The molecular formula is C23H28N2O5. The van der Waals surface area contributed by atoms with Crippen LogP contribution in [-0.4, -0.2) is 42.4 Å². The third kappa shape index (κ3) is 5.57. The SMILES string of the molecule is C[C@@H]1OCC(=O)[C@H]1NC(=O)[C@H](CC(C)(C)Cc1ccccc1)NC(=O)c1ccoc1. The molecule has 0 radical (unpaired) electrons. The molecule has 2 aromatic rings. The highest BCUT2D eigenvalue weighted by Gasteiger charge is 2.37. The largest absolute Gasteiger partial charge is 0.472 e. The number of nitrogens with one attached hydrogen (secondary N) is 2. The standard InChI is InChI=1S/C23H28N2O5/c1-15-20(19(26)14-30-15)25-22(28)18(24-21(27)17-9-10-29-13-17)12-23(2,3)11-16-7-5-4-6-8-16/h4-10,13,15,18,20H,11-12,14H2,1-3H3,(H,24,27)(H,25,28)/t15-,18-,20-/m0/s1. The van der Waals surface area contributed by atoms with Gasteiger partial charge >= 0.3 is 0 Å². The minimum Gasteiger partial charge on any atom is -0.472 e. The maximum absolute atomic E-state index is 13.1. The van der Waals surface area contributed by atoms with Crippen LogP contribution in [0.5, 0.6) is 0 Å². The molecule has 1 fully saturated rings. The molecule has 1 aliphatic heterocycles. The van der Waals surface area contributed by atoms with E-state index in [0.717, 1.165) is 12.0 Å². The van der Waals surface area contributed by atoms with Crippen LogP contribution in [0, 0.1) is 5.41 Å². The van der Waals surface area contributed by atoms with Crippen LogP contribution in [0.25, 0.3) is 0 Å². The highest BCUT2D eigenvalue weighted by Crippen LogP contribution is 2.28. The average Bonchev–Trinajstić information content (AvgIpc) is 3.34. The predicted molar refractivity (Wildman–Crippen MR) is 111 cm³/mol. The number of hydrogen-bond donors (Lipinski definition) is 2. The van der Waals surface area contributed by atoms with Crippen LogP contribution in [0.3, 0.4) is 0 Å². The molecule has 1 aliphatic rings. The number of Topliss-reactive ketones (excluding diaryl/α,β-unsaturated/α-hetero) is 1. The number of carbonyl (C=O) groups excluding carboxylic acids is 3. The fourth-order valence-electron chi connectivity index (χ4n) is 3.73. The van der Waals surface area contributed by atoms with E-state index in [-0.39, 0.29) is 17.8 Å².